The third kappa shape index (κ3) is 2.44. The zero-order chi connectivity index (χ0) is 14.8. The number of hydrogen-bond donors (Lipinski definition) is 1. The molecule has 0 aliphatic heterocycles. The quantitative estimate of drug-likeness (QED) is 0.588. The summed E-state index contributed by atoms with van der Waals surface area (Å²) in [5, 5.41) is 17.6. The van der Waals surface area contributed by atoms with Gasteiger partial charge in [-0.3, -0.25) is 14.9 Å². The fourth-order valence-corrected chi connectivity index (χ4v) is 1.94. The molecular formula is C14H9N3O4. The highest BCUT2D eigenvalue weighted by atomic mass is 16.6. The van der Waals surface area contributed by atoms with Crippen molar-refractivity contribution >= 4 is 28.3 Å². The number of hydrogen-bond acceptors (Lipinski definition) is 5. The Morgan fingerprint density at radius 1 is 1.19 bits per heavy atom. The maximum atomic E-state index is 12.2. The van der Waals surface area contributed by atoms with E-state index in [2.05, 4.69) is 10.5 Å². The molecule has 7 nitrogen and oxygen atoms in total. The normalized spacial score (nSPS) is 10.5. The molecule has 3 rings (SSSR count). The molecule has 1 N–H and O–H groups in total. The van der Waals surface area contributed by atoms with Gasteiger partial charge in [0.25, 0.3) is 11.6 Å². The number of non-ortho nitro benzene ring substituents is 1. The van der Waals surface area contributed by atoms with E-state index < -0.39 is 10.8 Å². The van der Waals surface area contributed by atoms with E-state index in [4.69, 9.17) is 4.52 Å². The van der Waals surface area contributed by atoms with Gasteiger partial charge >= 0.3 is 0 Å². The number of amides is 1. The molecule has 0 radical (unpaired) electrons. The molecule has 0 saturated heterocycles. The molecular weight excluding hydrogens is 274 g/mol. The summed E-state index contributed by atoms with van der Waals surface area (Å²) in [6.07, 6.45) is 0. The molecule has 21 heavy (non-hydrogen) atoms. The van der Waals surface area contributed by atoms with Gasteiger partial charge in [0.1, 0.15) is 0 Å². The van der Waals surface area contributed by atoms with E-state index in [0.29, 0.717) is 16.7 Å². The first-order chi connectivity index (χ1) is 10.1. The number of fused-ring (bicyclic) bond motifs is 1. The standard InChI is InChI=1S/C14H9N3O4/c18-14(13-11-6-1-2-7-12(11)21-16-13)15-9-4-3-5-10(8-9)17(19)20/h1-8H,(H,15,18). The van der Waals surface area contributed by atoms with Crippen LogP contribution in [-0.4, -0.2) is 16.0 Å². The molecule has 0 aliphatic carbocycles. The van der Waals surface area contributed by atoms with Gasteiger partial charge in [-0.25, -0.2) is 0 Å². The van der Waals surface area contributed by atoms with Crippen LogP contribution in [0, 0.1) is 10.1 Å². The smallest absolute Gasteiger partial charge is 0.278 e. The van der Waals surface area contributed by atoms with Gasteiger partial charge in [-0.05, 0) is 18.2 Å². The van der Waals surface area contributed by atoms with E-state index in [0.717, 1.165) is 0 Å². The fraction of sp³-hybridized carbons (Fsp3) is 0. The zero-order valence-electron chi connectivity index (χ0n) is 10.6. The van der Waals surface area contributed by atoms with Gasteiger partial charge in [0, 0.05) is 17.8 Å². The Kier molecular flexibility index (Phi) is 3.07. The summed E-state index contributed by atoms with van der Waals surface area (Å²) >= 11 is 0. The Bertz CT molecular complexity index is 841. The van der Waals surface area contributed by atoms with E-state index in [1.807, 2.05) is 0 Å². The van der Waals surface area contributed by atoms with Crippen LogP contribution in [0.15, 0.2) is 53.1 Å². The average molecular weight is 283 g/mol. The molecule has 1 amide bonds. The minimum absolute atomic E-state index is 0.0992. The van der Waals surface area contributed by atoms with E-state index in [-0.39, 0.29) is 11.4 Å². The van der Waals surface area contributed by atoms with Crippen molar-refractivity contribution in [3.05, 3.63) is 64.3 Å². The monoisotopic (exact) mass is 283 g/mol. The minimum Gasteiger partial charge on any atom is -0.355 e. The molecule has 104 valence electrons. The predicted molar refractivity (Wildman–Crippen MR) is 75.1 cm³/mol. The molecule has 0 unspecified atom stereocenters. The van der Waals surface area contributed by atoms with Crippen molar-refractivity contribution in [2.45, 2.75) is 0 Å². The first-order valence-corrected chi connectivity index (χ1v) is 6.05. The highest BCUT2D eigenvalue weighted by molar-refractivity contribution is 6.10. The van der Waals surface area contributed by atoms with Crippen molar-refractivity contribution in [2.75, 3.05) is 5.32 Å². The Morgan fingerprint density at radius 2 is 2.00 bits per heavy atom. The van der Waals surface area contributed by atoms with Crippen molar-refractivity contribution < 1.29 is 14.2 Å². The van der Waals surface area contributed by atoms with Gasteiger partial charge in [-0.15, -0.1) is 0 Å². The molecule has 0 bridgehead atoms. The molecule has 0 spiro atoms. The molecule has 1 heterocycles. The second kappa shape index (κ2) is 5.04. The number of nitro benzene ring substituents is 1. The van der Waals surface area contributed by atoms with Gasteiger partial charge in [-0.1, -0.05) is 23.4 Å². The summed E-state index contributed by atoms with van der Waals surface area (Å²) in [5.41, 5.74) is 0.859. The summed E-state index contributed by atoms with van der Waals surface area (Å²) in [4.78, 5) is 22.3. The number of rotatable bonds is 3. The van der Waals surface area contributed by atoms with Gasteiger partial charge in [0.15, 0.2) is 11.3 Å². The van der Waals surface area contributed by atoms with Crippen LogP contribution in [0.1, 0.15) is 10.5 Å². The van der Waals surface area contributed by atoms with Gasteiger partial charge in [0.05, 0.1) is 10.3 Å². The SMILES string of the molecule is O=C(Nc1cccc([N+](=O)[O-])c1)c1noc2ccccc12. The number of nitrogens with one attached hydrogen (secondary N) is 1. The molecule has 1 aromatic heterocycles. The number of nitro groups is 1. The van der Waals surface area contributed by atoms with E-state index >= 15 is 0 Å². The molecule has 0 atom stereocenters. The fourth-order valence-electron chi connectivity index (χ4n) is 1.94. The summed E-state index contributed by atoms with van der Waals surface area (Å²) in [6.45, 7) is 0. The maximum absolute atomic E-state index is 12.2. The molecule has 0 saturated carbocycles. The predicted octanol–water partition coefficient (Wildman–Crippen LogP) is 2.99. The number of carbonyl (C=O) groups is 1. The van der Waals surface area contributed by atoms with Crippen LogP contribution in [0.25, 0.3) is 11.0 Å². The van der Waals surface area contributed by atoms with Crippen molar-refractivity contribution in [1.29, 1.82) is 0 Å². The largest absolute Gasteiger partial charge is 0.355 e. The van der Waals surface area contributed by atoms with Crippen molar-refractivity contribution in [3.8, 4) is 0 Å². The number of nitrogens with zero attached hydrogens (tertiary/aromatic N) is 2. The summed E-state index contributed by atoms with van der Waals surface area (Å²) in [7, 11) is 0. The Balaban J connectivity index is 1.90. The highest BCUT2D eigenvalue weighted by Crippen LogP contribution is 2.21. The van der Waals surface area contributed by atoms with Gasteiger partial charge in [0.2, 0.25) is 0 Å². The molecule has 3 aromatic rings. The van der Waals surface area contributed by atoms with Gasteiger partial charge in [-0.2, -0.15) is 0 Å². The second-order valence-electron chi connectivity index (χ2n) is 4.29. The summed E-state index contributed by atoms with van der Waals surface area (Å²) in [6, 6.07) is 12.6. The minimum atomic E-state index is -0.527. The lowest BCUT2D eigenvalue weighted by molar-refractivity contribution is -0.384. The number of para-hydroxylation sites is 1. The Hall–Kier alpha value is -3.22. The van der Waals surface area contributed by atoms with Crippen LogP contribution in [-0.2, 0) is 0 Å². The van der Waals surface area contributed by atoms with Crippen LogP contribution in [0.3, 0.4) is 0 Å². The second-order valence-corrected chi connectivity index (χ2v) is 4.29. The van der Waals surface area contributed by atoms with Crippen LogP contribution < -0.4 is 5.32 Å². The Labute approximate surface area is 118 Å². The molecule has 0 aliphatic rings. The van der Waals surface area contributed by atoms with Gasteiger partial charge < -0.3 is 9.84 Å². The first-order valence-electron chi connectivity index (χ1n) is 6.05. The maximum Gasteiger partial charge on any atom is 0.278 e. The highest BCUT2D eigenvalue weighted by Gasteiger charge is 2.16. The Morgan fingerprint density at radius 3 is 2.81 bits per heavy atom. The lowest BCUT2D eigenvalue weighted by atomic mass is 10.2. The third-order valence-electron chi connectivity index (χ3n) is 2.91. The average Bonchev–Trinajstić information content (AvgIpc) is 2.91. The number of aromatic nitrogens is 1. The number of anilines is 1. The van der Waals surface area contributed by atoms with Crippen LogP contribution in [0.4, 0.5) is 11.4 Å². The van der Waals surface area contributed by atoms with Crippen molar-refractivity contribution in [2.24, 2.45) is 0 Å². The van der Waals surface area contributed by atoms with E-state index in [9.17, 15) is 14.9 Å². The van der Waals surface area contributed by atoms with E-state index in [1.54, 1.807) is 30.3 Å². The van der Waals surface area contributed by atoms with Crippen LogP contribution >= 0.6 is 0 Å². The molecule has 2 aromatic carbocycles. The third-order valence-corrected chi connectivity index (χ3v) is 2.91. The van der Waals surface area contributed by atoms with Crippen molar-refractivity contribution in [3.63, 3.8) is 0 Å². The van der Waals surface area contributed by atoms with Crippen LogP contribution in [0.5, 0.6) is 0 Å². The zero-order valence-corrected chi connectivity index (χ0v) is 10.6. The summed E-state index contributed by atoms with van der Waals surface area (Å²) < 4.78 is 5.05. The molecule has 7 heteroatoms. The topological polar surface area (TPSA) is 98.3 Å². The number of carbonyl (C=O) groups excluding carboxylic acids is 1. The lowest BCUT2D eigenvalue weighted by Crippen LogP contribution is -2.12. The van der Waals surface area contributed by atoms with E-state index in [1.165, 1.54) is 18.2 Å². The number of benzene rings is 2. The lowest BCUT2D eigenvalue weighted by Gasteiger charge is -2.02. The van der Waals surface area contributed by atoms with Crippen LogP contribution in [0.2, 0.25) is 0 Å². The van der Waals surface area contributed by atoms with Crippen molar-refractivity contribution in [1.82, 2.24) is 5.16 Å². The summed E-state index contributed by atoms with van der Waals surface area (Å²) in [5.74, 6) is -0.486. The first kappa shape index (κ1) is 12.8. The molecule has 0 fully saturated rings.